The van der Waals surface area contributed by atoms with E-state index in [1.54, 1.807) is 14.2 Å². The zero-order valence-corrected chi connectivity index (χ0v) is 21.8. The van der Waals surface area contributed by atoms with Crippen molar-refractivity contribution in [3.05, 3.63) is 77.4 Å². The molecule has 0 amide bonds. The predicted octanol–water partition coefficient (Wildman–Crippen LogP) is 4.78. The molecule has 0 radical (unpaired) electrons. The van der Waals surface area contributed by atoms with Gasteiger partial charge in [0.25, 0.3) is 0 Å². The summed E-state index contributed by atoms with van der Waals surface area (Å²) < 4.78 is 31.7. The molecule has 0 saturated carbocycles. The standard InChI is InChI=1S/C29H31N3O6/c1-33-26-16-23-12-13-32(19-24(23)17-27(26)34-2)18-20-4-6-21(7-5-20)22-8-10-25(11-9-22)36-14-15-37-29-28(35-3)30-38-31-29/h4-11,16-17H,12-15,18-19H2,1-3H3. The van der Waals surface area contributed by atoms with Crippen molar-refractivity contribution in [2.75, 3.05) is 41.1 Å². The van der Waals surface area contributed by atoms with Gasteiger partial charge in [0.05, 0.1) is 21.3 Å². The van der Waals surface area contributed by atoms with E-state index in [0.717, 1.165) is 54.4 Å². The molecule has 0 saturated heterocycles. The van der Waals surface area contributed by atoms with Gasteiger partial charge in [0.2, 0.25) is 0 Å². The van der Waals surface area contributed by atoms with E-state index in [1.165, 1.54) is 23.8 Å². The Morgan fingerprint density at radius 3 is 2.05 bits per heavy atom. The van der Waals surface area contributed by atoms with Crippen molar-refractivity contribution in [2.45, 2.75) is 19.5 Å². The SMILES string of the molecule is COc1cc2c(cc1OC)CN(Cc1ccc(-c3ccc(OCCOc4nonc4OC)cc3)cc1)CC2. The lowest BCUT2D eigenvalue weighted by Gasteiger charge is -2.29. The molecule has 9 heteroatoms. The molecule has 0 bridgehead atoms. The van der Waals surface area contributed by atoms with Crippen LogP contribution in [0.25, 0.3) is 11.1 Å². The van der Waals surface area contributed by atoms with Crippen LogP contribution in [0.3, 0.4) is 0 Å². The fraction of sp³-hybridized carbons (Fsp3) is 0.310. The van der Waals surface area contributed by atoms with Gasteiger partial charge in [0, 0.05) is 19.6 Å². The minimum Gasteiger partial charge on any atom is -0.493 e. The number of ether oxygens (including phenoxy) is 5. The summed E-state index contributed by atoms with van der Waals surface area (Å²) in [5, 5.41) is 7.22. The molecular formula is C29H31N3O6. The third-order valence-corrected chi connectivity index (χ3v) is 6.56. The smallest absolute Gasteiger partial charge is 0.320 e. The maximum atomic E-state index is 5.76. The van der Waals surface area contributed by atoms with Gasteiger partial charge in [-0.05, 0) is 68.8 Å². The summed E-state index contributed by atoms with van der Waals surface area (Å²) in [4.78, 5) is 2.47. The normalized spacial score (nSPS) is 13.0. The van der Waals surface area contributed by atoms with Crippen molar-refractivity contribution in [1.82, 2.24) is 15.2 Å². The maximum absolute atomic E-state index is 5.76. The Kier molecular flexibility index (Phi) is 7.94. The molecule has 4 aromatic rings. The highest BCUT2D eigenvalue weighted by atomic mass is 16.6. The fourth-order valence-electron chi connectivity index (χ4n) is 4.56. The molecule has 1 aliphatic heterocycles. The van der Waals surface area contributed by atoms with Crippen molar-refractivity contribution in [3.8, 4) is 40.1 Å². The molecule has 3 aromatic carbocycles. The summed E-state index contributed by atoms with van der Waals surface area (Å²) in [6.07, 6.45) is 1.000. The first-order chi connectivity index (χ1) is 18.7. The predicted molar refractivity (Wildman–Crippen MR) is 141 cm³/mol. The Bertz CT molecular complexity index is 1340. The average Bonchev–Trinajstić information content (AvgIpc) is 3.43. The van der Waals surface area contributed by atoms with Crippen LogP contribution in [-0.4, -0.2) is 56.3 Å². The van der Waals surface area contributed by atoms with Crippen LogP contribution in [0, 0.1) is 0 Å². The summed E-state index contributed by atoms with van der Waals surface area (Å²) in [5.41, 5.74) is 6.22. The third kappa shape index (κ3) is 5.84. The molecule has 1 aromatic heterocycles. The van der Waals surface area contributed by atoms with Crippen LogP contribution in [-0.2, 0) is 19.5 Å². The van der Waals surface area contributed by atoms with Gasteiger partial charge in [-0.1, -0.05) is 36.4 Å². The number of rotatable bonds is 11. The second kappa shape index (κ2) is 11.9. The molecule has 0 atom stereocenters. The van der Waals surface area contributed by atoms with Crippen LogP contribution in [0.15, 0.2) is 65.3 Å². The van der Waals surface area contributed by atoms with Crippen LogP contribution in [0.5, 0.6) is 29.0 Å². The summed E-state index contributed by atoms with van der Waals surface area (Å²) in [6, 6.07) is 21.0. The van der Waals surface area contributed by atoms with Crippen molar-refractivity contribution in [3.63, 3.8) is 0 Å². The van der Waals surface area contributed by atoms with Crippen LogP contribution in [0.4, 0.5) is 0 Å². The van der Waals surface area contributed by atoms with Gasteiger partial charge in [0.1, 0.15) is 19.0 Å². The Morgan fingerprint density at radius 1 is 0.737 bits per heavy atom. The number of hydrogen-bond donors (Lipinski definition) is 0. The lowest BCUT2D eigenvalue weighted by molar-refractivity contribution is 0.198. The molecule has 0 spiro atoms. The maximum Gasteiger partial charge on any atom is 0.320 e. The van der Waals surface area contributed by atoms with E-state index in [2.05, 4.69) is 68.4 Å². The van der Waals surface area contributed by atoms with Crippen LogP contribution in [0.1, 0.15) is 16.7 Å². The van der Waals surface area contributed by atoms with Gasteiger partial charge in [-0.3, -0.25) is 4.90 Å². The van der Waals surface area contributed by atoms with Gasteiger partial charge in [-0.2, -0.15) is 0 Å². The molecule has 2 heterocycles. The summed E-state index contributed by atoms with van der Waals surface area (Å²) in [6.45, 7) is 3.45. The van der Waals surface area contributed by atoms with Gasteiger partial charge in [-0.25, -0.2) is 4.63 Å². The second-order valence-corrected chi connectivity index (χ2v) is 8.93. The summed E-state index contributed by atoms with van der Waals surface area (Å²) >= 11 is 0. The lowest BCUT2D eigenvalue weighted by atomic mass is 9.98. The Hall–Kier alpha value is -4.24. The molecule has 0 N–H and O–H groups in total. The van der Waals surface area contributed by atoms with Crippen LogP contribution < -0.4 is 23.7 Å². The highest BCUT2D eigenvalue weighted by Gasteiger charge is 2.19. The number of methoxy groups -OCH3 is 3. The van der Waals surface area contributed by atoms with Crippen molar-refractivity contribution < 1.29 is 28.3 Å². The van der Waals surface area contributed by atoms with Gasteiger partial charge in [-0.15, -0.1) is 0 Å². The zero-order valence-electron chi connectivity index (χ0n) is 21.8. The Morgan fingerprint density at radius 2 is 1.37 bits per heavy atom. The number of fused-ring (bicyclic) bond motifs is 1. The van der Waals surface area contributed by atoms with Crippen LogP contribution >= 0.6 is 0 Å². The van der Waals surface area contributed by atoms with Crippen molar-refractivity contribution in [1.29, 1.82) is 0 Å². The van der Waals surface area contributed by atoms with E-state index in [4.69, 9.17) is 23.7 Å². The zero-order chi connectivity index (χ0) is 26.3. The van der Waals surface area contributed by atoms with Crippen molar-refractivity contribution in [2.24, 2.45) is 0 Å². The highest BCUT2D eigenvalue weighted by molar-refractivity contribution is 5.64. The second-order valence-electron chi connectivity index (χ2n) is 8.93. The molecule has 38 heavy (non-hydrogen) atoms. The third-order valence-electron chi connectivity index (χ3n) is 6.56. The fourth-order valence-corrected chi connectivity index (χ4v) is 4.56. The molecule has 0 unspecified atom stereocenters. The molecule has 198 valence electrons. The first kappa shape index (κ1) is 25.4. The first-order valence-corrected chi connectivity index (χ1v) is 12.4. The molecule has 9 nitrogen and oxygen atoms in total. The highest BCUT2D eigenvalue weighted by Crippen LogP contribution is 2.33. The van der Waals surface area contributed by atoms with E-state index in [9.17, 15) is 0 Å². The van der Waals surface area contributed by atoms with Gasteiger partial charge >= 0.3 is 11.8 Å². The van der Waals surface area contributed by atoms with E-state index < -0.39 is 0 Å². The van der Waals surface area contributed by atoms with Crippen LogP contribution in [0.2, 0.25) is 0 Å². The summed E-state index contributed by atoms with van der Waals surface area (Å²) in [5.74, 6) is 2.76. The quantitative estimate of drug-likeness (QED) is 0.261. The minimum absolute atomic E-state index is 0.209. The van der Waals surface area contributed by atoms with E-state index in [1.807, 2.05) is 12.1 Å². The van der Waals surface area contributed by atoms with Gasteiger partial charge in [0.15, 0.2) is 11.5 Å². The topological polar surface area (TPSA) is 88.3 Å². The van der Waals surface area contributed by atoms with Gasteiger partial charge < -0.3 is 23.7 Å². The molecule has 0 aliphatic carbocycles. The van der Waals surface area contributed by atoms with E-state index >= 15 is 0 Å². The number of aromatic nitrogens is 2. The first-order valence-electron chi connectivity index (χ1n) is 12.4. The average molecular weight is 518 g/mol. The Labute approximate surface area is 221 Å². The number of hydrogen-bond acceptors (Lipinski definition) is 9. The Balaban J connectivity index is 1.13. The van der Waals surface area contributed by atoms with E-state index in [0.29, 0.717) is 6.61 Å². The number of nitrogens with zero attached hydrogens (tertiary/aromatic N) is 3. The van der Waals surface area contributed by atoms with E-state index in [-0.39, 0.29) is 18.4 Å². The molecule has 0 fully saturated rings. The molecule has 1 aliphatic rings. The largest absolute Gasteiger partial charge is 0.493 e. The summed E-state index contributed by atoms with van der Waals surface area (Å²) in [7, 11) is 4.84. The van der Waals surface area contributed by atoms with Crippen molar-refractivity contribution >= 4 is 0 Å². The molecule has 5 rings (SSSR count). The monoisotopic (exact) mass is 517 g/mol. The minimum atomic E-state index is 0.209. The molecular weight excluding hydrogens is 486 g/mol. The number of benzene rings is 3. The lowest BCUT2D eigenvalue weighted by Crippen LogP contribution is -2.30.